The monoisotopic (exact) mass is 243 g/mol. The van der Waals surface area contributed by atoms with E-state index < -0.39 is 0 Å². The molecule has 0 aromatic carbocycles. The van der Waals surface area contributed by atoms with Crippen LogP contribution in [-0.4, -0.2) is 19.9 Å². The lowest BCUT2D eigenvalue weighted by molar-refractivity contribution is 0.0971. The topological polar surface area (TPSA) is 39.8 Å². The molecule has 0 saturated heterocycles. The lowest BCUT2D eigenvalue weighted by Crippen LogP contribution is -2.18. The molecule has 0 saturated carbocycles. The molecule has 4 nitrogen and oxygen atoms in total. The first-order valence-electron chi connectivity index (χ1n) is 6.44. The van der Waals surface area contributed by atoms with Crippen LogP contribution in [0.25, 0.3) is 0 Å². The largest absolute Gasteiger partial charge is 0.346 e. The number of rotatable bonds is 3. The quantitative estimate of drug-likeness (QED) is 0.830. The lowest BCUT2D eigenvalue weighted by Gasteiger charge is -2.20. The highest BCUT2D eigenvalue weighted by Gasteiger charge is 2.22. The van der Waals surface area contributed by atoms with E-state index in [0.717, 1.165) is 24.9 Å². The molecule has 18 heavy (non-hydrogen) atoms. The van der Waals surface area contributed by atoms with Crippen LogP contribution in [0.3, 0.4) is 0 Å². The lowest BCUT2D eigenvalue weighted by atomic mass is 9.96. The van der Waals surface area contributed by atoms with Crippen LogP contribution in [0.5, 0.6) is 0 Å². The molecule has 3 rings (SSSR count). The highest BCUT2D eigenvalue weighted by Crippen LogP contribution is 2.25. The average Bonchev–Trinajstić information content (AvgIpc) is 2.98. The molecule has 4 heteroatoms. The van der Waals surface area contributed by atoms with Gasteiger partial charge in [-0.3, -0.25) is 4.79 Å². The van der Waals surface area contributed by atoms with Crippen molar-refractivity contribution in [3.8, 4) is 0 Å². The van der Waals surface area contributed by atoms with Crippen LogP contribution < -0.4 is 0 Å². The Bertz CT molecular complexity index is 554. The molecule has 0 bridgehead atoms. The van der Waals surface area contributed by atoms with Crippen molar-refractivity contribution < 1.29 is 4.79 Å². The highest BCUT2D eigenvalue weighted by molar-refractivity contribution is 5.98. The molecule has 1 aliphatic carbocycles. The van der Waals surface area contributed by atoms with Crippen molar-refractivity contribution in [1.82, 2.24) is 14.1 Å². The third kappa shape index (κ3) is 1.88. The van der Waals surface area contributed by atoms with Gasteiger partial charge in [-0.1, -0.05) is 0 Å². The predicted octanol–water partition coefficient (Wildman–Crippen LogP) is 2.46. The van der Waals surface area contributed by atoms with Crippen molar-refractivity contribution in [3.05, 3.63) is 42.2 Å². The van der Waals surface area contributed by atoms with E-state index in [1.54, 1.807) is 6.20 Å². The number of imidazole rings is 1. The Hall–Kier alpha value is -1.84. The van der Waals surface area contributed by atoms with Gasteiger partial charge in [0.05, 0.1) is 6.33 Å². The summed E-state index contributed by atoms with van der Waals surface area (Å²) in [6, 6.07) is 2.31. The Morgan fingerprint density at radius 3 is 3.06 bits per heavy atom. The molecule has 2 aromatic rings. The van der Waals surface area contributed by atoms with Crippen molar-refractivity contribution in [2.75, 3.05) is 0 Å². The van der Waals surface area contributed by atoms with Crippen molar-refractivity contribution in [1.29, 1.82) is 0 Å². The fraction of sp³-hybridized carbons (Fsp3) is 0.429. The van der Waals surface area contributed by atoms with Crippen LogP contribution in [0, 0.1) is 0 Å². The third-order valence-electron chi connectivity index (χ3n) is 3.65. The van der Waals surface area contributed by atoms with Gasteiger partial charge in [0.1, 0.15) is 0 Å². The van der Waals surface area contributed by atoms with Gasteiger partial charge in [-0.25, -0.2) is 4.98 Å². The summed E-state index contributed by atoms with van der Waals surface area (Å²) in [7, 11) is 0. The second-order valence-corrected chi connectivity index (χ2v) is 4.97. The zero-order valence-electron chi connectivity index (χ0n) is 10.5. The van der Waals surface area contributed by atoms with Gasteiger partial charge in [-0.2, -0.15) is 0 Å². The molecule has 94 valence electrons. The first kappa shape index (κ1) is 11.3. The molecule has 1 aliphatic rings. The van der Waals surface area contributed by atoms with E-state index in [-0.39, 0.29) is 0 Å². The number of Topliss-reactive ketones (excluding diaryl/α,β-unsaturated/α-hetero) is 1. The molecule has 0 aliphatic heterocycles. The zero-order chi connectivity index (χ0) is 12.5. The number of carbonyl (C=O) groups is 1. The average molecular weight is 243 g/mol. The molecule has 0 N–H and O–H groups in total. The van der Waals surface area contributed by atoms with Crippen LogP contribution in [0.1, 0.15) is 41.9 Å². The summed E-state index contributed by atoms with van der Waals surface area (Å²) in [5, 5.41) is 0. The minimum atomic E-state index is 0.296. The van der Waals surface area contributed by atoms with Gasteiger partial charge in [0.25, 0.3) is 0 Å². The number of nitrogens with zero attached hydrogens (tertiary/aromatic N) is 3. The van der Waals surface area contributed by atoms with E-state index in [0.29, 0.717) is 18.2 Å². The standard InChI is InChI=1S/C14H17N3O/c1-11(9-16-8-6-15-10-16)17-7-5-12-13(17)3-2-4-14(12)18/h5-8,10-11H,2-4,9H2,1H3. The van der Waals surface area contributed by atoms with E-state index in [2.05, 4.69) is 27.2 Å². The molecule has 0 spiro atoms. The third-order valence-corrected chi connectivity index (χ3v) is 3.65. The maximum atomic E-state index is 11.8. The summed E-state index contributed by atoms with van der Waals surface area (Å²) in [5.74, 6) is 0.296. The molecule has 2 aromatic heterocycles. The highest BCUT2D eigenvalue weighted by atomic mass is 16.1. The fourth-order valence-electron chi connectivity index (χ4n) is 2.75. The molecule has 0 radical (unpaired) electrons. The molecular weight excluding hydrogens is 226 g/mol. The number of aromatic nitrogens is 3. The normalized spacial score (nSPS) is 16.6. The minimum absolute atomic E-state index is 0.296. The second kappa shape index (κ2) is 4.44. The first-order valence-corrected chi connectivity index (χ1v) is 6.44. The van der Waals surface area contributed by atoms with E-state index in [1.165, 1.54) is 5.69 Å². The Morgan fingerprint density at radius 1 is 1.39 bits per heavy atom. The Balaban J connectivity index is 1.86. The molecule has 2 heterocycles. The zero-order valence-corrected chi connectivity index (χ0v) is 10.5. The van der Waals surface area contributed by atoms with Gasteiger partial charge in [0.15, 0.2) is 5.78 Å². The number of fused-ring (bicyclic) bond motifs is 1. The van der Waals surface area contributed by atoms with Gasteiger partial charge < -0.3 is 9.13 Å². The molecule has 1 atom stereocenters. The summed E-state index contributed by atoms with van der Waals surface area (Å²) < 4.78 is 4.31. The molecule has 0 fully saturated rings. The van der Waals surface area contributed by atoms with Gasteiger partial charge >= 0.3 is 0 Å². The molecule has 1 unspecified atom stereocenters. The van der Waals surface area contributed by atoms with Gasteiger partial charge in [-0.15, -0.1) is 0 Å². The maximum absolute atomic E-state index is 11.8. The maximum Gasteiger partial charge on any atom is 0.164 e. The summed E-state index contributed by atoms with van der Waals surface area (Å²) in [6.45, 7) is 3.06. The van der Waals surface area contributed by atoms with Gasteiger partial charge in [0, 0.05) is 48.9 Å². The number of hydrogen-bond donors (Lipinski definition) is 0. The van der Waals surface area contributed by atoms with Crippen LogP contribution >= 0.6 is 0 Å². The van der Waals surface area contributed by atoms with E-state index in [4.69, 9.17) is 0 Å². The minimum Gasteiger partial charge on any atom is -0.346 e. The fourth-order valence-corrected chi connectivity index (χ4v) is 2.75. The first-order chi connectivity index (χ1) is 8.75. The van der Waals surface area contributed by atoms with Crippen molar-refractivity contribution in [2.24, 2.45) is 0 Å². The second-order valence-electron chi connectivity index (χ2n) is 4.97. The van der Waals surface area contributed by atoms with Crippen LogP contribution in [0.15, 0.2) is 31.0 Å². The molecule has 0 amide bonds. The van der Waals surface area contributed by atoms with E-state index in [9.17, 15) is 4.79 Å². The molecular formula is C14H17N3O. The van der Waals surface area contributed by atoms with Gasteiger partial charge in [-0.05, 0) is 25.8 Å². The Kier molecular flexibility index (Phi) is 2.78. The Labute approximate surface area is 106 Å². The van der Waals surface area contributed by atoms with Gasteiger partial charge in [0.2, 0.25) is 0 Å². The summed E-state index contributed by atoms with van der Waals surface area (Å²) in [5.41, 5.74) is 2.14. The van der Waals surface area contributed by atoms with Crippen molar-refractivity contribution in [3.63, 3.8) is 0 Å². The summed E-state index contributed by atoms with van der Waals surface area (Å²) >= 11 is 0. The number of carbonyl (C=O) groups excluding carboxylic acids is 1. The van der Waals surface area contributed by atoms with Crippen LogP contribution in [-0.2, 0) is 13.0 Å². The van der Waals surface area contributed by atoms with E-state index >= 15 is 0 Å². The van der Waals surface area contributed by atoms with E-state index in [1.807, 2.05) is 18.6 Å². The van der Waals surface area contributed by atoms with Crippen molar-refractivity contribution >= 4 is 5.78 Å². The number of hydrogen-bond acceptors (Lipinski definition) is 2. The summed E-state index contributed by atoms with van der Waals surface area (Å²) in [6.07, 6.45) is 10.3. The SMILES string of the molecule is CC(Cn1ccnc1)n1ccc2c1CCCC2=O. The predicted molar refractivity (Wildman–Crippen MR) is 68.6 cm³/mol. The van der Waals surface area contributed by atoms with Crippen molar-refractivity contribution in [2.45, 2.75) is 38.8 Å². The summed E-state index contributed by atoms with van der Waals surface area (Å²) in [4.78, 5) is 15.9. The number of ketones is 1. The smallest absolute Gasteiger partial charge is 0.164 e. The Morgan fingerprint density at radius 2 is 2.28 bits per heavy atom. The van der Waals surface area contributed by atoms with Crippen LogP contribution in [0.4, 0.5) is 0 Å². The van der Waals surface area contributed by atoms with Crippen LogP contribution in [0.2, 0.25) is 0 Å².